The molecule has 0 fully saturated rings. The summed E-state index contributed by atoms with van der Waals surface area (Å²) in [4.78, 5) is 4.91. The molecule has 1 heterocycles. The lowest BCUT2D eigenvalue weighted by atomic mass is 9.95. The van der Waals surface area contributed by atoms with E-state index >= 15 is 0 Å². The standard InChI is InChI=1S/C22H18Br2FN3/c23-18-10-3-1-8-16(18)20-21(17-9-2-4-11-19(17)24)28-22(27-20)26-13-14-6-5-7-15(25)12-14/h1-12,20-21H,13H2,(H2,26,27,28)/t20-,21+. The average Bonchev–Trinajstić information content (AvgIpc) is 3.11. The van der Waals surface area contributed by atoms with Crippen LogP contribution in [0, 0.1) is 5.82 Å². The van der Waals surface area contributed by atoms with Gasteiger partial charge in [-0.2, -0.15) is 0 Å². The largest absolute Gasteiger partial charge is 0.352 e. The Kier molecular flexibility index (Phi) is 5.78. The lowest BCUT2D eigenvalue weighted by molar-refractivity contribution is 0.566. The van der Waals surface area contributed by atoms with Crippen molar-refractivity contribution in [1.82, 2.24) is 10.6 Å². The number of halogens is 3. The fourth-order valence-electron chi connectivity index (χ4n) is 3.35. The Morgan fingerprint density at radius 1 is 0.893 bits per heavy atom. The molecule has 3 aromatic carbocycles. The molecule has 0 amide bonds. The molecule has 0 spiro atoms. The van der Waals surface area contributed by atoms with Crippen LogP contribution >= 0.6 is 31.9 Å². The van der Waals surface area contributed by atoms with Gasteiger partial charge in [0.2, 0.25) is 0 Å². The Morgan fingerprint density at radius 2 is 1.57 bits per heavy atom. The number of hydrogen-bond donors (Lipinski definition) is 2. The third kappa shape index (κ3) is 4.13. The maximum absolute atomic E-state index is 13.4. The van der Waals surface area contributed by atoms with Crippen molar-refractivity contribution in [3.05, 3.63) is 104 Å². The van der Waals surface area contributed by atoms with E-state index in [0.29, 0.717) is 12.5 Å². The van der Waals surface area contributed by atoms with E-state index in [1.54, 1.807) is 6.07 Å². The first-order chi connectivity index (χ1) is 13.6. The zero-order chi connectivity index (χ0) is 19.5. The van der Waals surface area contributed by atoms with Crippen LogP contribution in [0.15, 0.2) is 86.7 Å². The third-order valence-corrected chi connectivity index (χ3v) is 6.13. The molecule has 0 saturated heterocycles. The van der Waals surface area contributed by atoms with Gasteiger partial charge in [-0.05, 0) is 41.0 Å². The molecule has 4 rings (SSSR count). The van der Waals surface area contributed by atoms with E-state index in [2.05, 4.69) is 54.6 Å². The molecule has 0 radical (unpaired) electrons. The molecule has 2 N–H and O–H groups in total. The van der Waals surface area contributed by atoms with Crippen LogP contribution in [-0.4, -0.2) is 5.96 Å². The summed E-state index contributed by atoms with van der Waals surface area (Å²) in [6, 6.07) is 22.7. The van der Waals surface area contributed by atoms with Crippen molar-refractivity contribution < 1.29 is 4.39 Å². The minimum absolute atomic E-state index is 0.0238. The van der Waals surface area contributed by atoms with Crippen molar-refractivity contribution in [1.29, 1.82) is 0 Å². The van der Waals surface area contributed by atoms with Crippen molar-refractivity contribution in [3.63, 3.8) is 0 Å². The van der Waals surface area contributed by atoms with Crippen molar-refractivity contribution in [2.45, 2.75) is 18.6 Å². The van der Waals surface area contributed by atoms with Gasteiger partial charge in [-0.25, -0.2) is 9.38 Å². The summed E-state index contributed by atoms with van der Waals surface area (Å²) in [5, 5.41) is 6.81. The summed E-state index contributed by atoms with van der Waals surface area (Å²) in [5.74, 6) is 0.462. The quantitative estimate of drug-likeness (QED) is 0.467. The van der Waals surface area contributed by atoms with Crippen LogP contribution in [-0.2, 0) is 6.54 Å². The highest BCUT2D eigenvalue weighted by atomic mass is 79.9. The second-order valence-electron chi connectivity index (χ2n) is 6.57. The molecule has 3 nitrogen and oxygen atoms in total. The summed E-state index contributed by atoms with van der Waals surface area (Å²) in [6.07, 6.45) is 0. The highest BCUT2D eigenvalue weighted by Gasteiger charge is 2.33. The smallest absolute Gasteiger partial charge is 0.192 e. The topological polar surface area (TPSA) is 36.4 Å². The van der Waals surface area contributed by atoms with E-state index in [0.717, 1.165) is 25.6 Å². The zero-order valence-electron chi connectivity index (χ0n) is 14.9. The van der Waals surface area contributed by atoms with E-state index in [1.807, 2.05) is 42.5 Å². The maximum Gasteiger partial charge on any atom is 0.192 e. The first kappa shape index (κ1) is 19.2. The van der Waals surface area contributed by atoms with Gasteiger partial charge in [-0.1, -0.05) is 80.4 Å². The van der Waals surface area contributed by atoms with Crippen molar-refractivity contribution >= 4 is 37.8 Å². The van der Waals surface area contributed by atoms with Gasteiger partial charge < -0.3 is 10.6 Å². The van der Waals surface area contributed by atoms with Gasteiger partial charge in [0, 0.05) is 15.5 Å². The first-order valence-electron chi connectivity index (χ1n) is 8.93. The maximum atomic E-state index is 13.4. The normalized spacial score (nSPS) is 18.5. The Labute approximate surface area is 180 Å². The summed E-state index contributed by atoms with van der Waals surface area (Å²) >= 11 is 7.32. The van der Waals surface area contributed by atoms with Crippen molar-refractivity contribution in [2.24, 2.45) is 4.99 Å². The minimum Gasteiger partial charge on any atom is -0.352 e. The number of hydrogen-bond acceptors (Lipinski definition) is 3. The molecule has 0 unspecified atom stereocenters. The fourth-order valence-corrected chi connectivity index (χ4v) is 4.40. The molecule has 0 saturated carbocycles. The molecule has 142 valence electrons. The van der Waals surface area contributed by atoms with Gasteiger partial charge in [0.05, 0.1) is 6.04 Å². The molecule has 2 atom stereocenters. The Morgan fingerprint density at radius 3 is 2.25 bits per heavy atom. The SMILES string of the molecule is Fc1cccc(CNC2=N[C@@H](c3ccccc3Br)[C@@H](c3ccccc3Br)N2)c1. The van der Waals surface area contributed by atoms with Gasteiger partial charge >= 0.3 is 0 Å². The minimum atomic E-state index is -0.238. The van der Waals surface area contributed by atoms with Crippen LogP contribution in [0.2, 0.25) is 0 Å². The van der Waals surface area contributed by atoms with Gasteiger partial charge in [0.25, 0.3) is 0 Å². The first-order valence-corrected chi connectivity index (χ1v) is 10.5. The lowest BCUT2D eigenvalue weighted by Gasteiger charge is -2.21. The van der Waals surface area contributed by atoms with Crippen molar-refractivity contribution in [2.75, 3.05) is 0 Å². The molecular formula is C22H18Br2FN3. The Balaban J connectivity index is 1.62. The Bertz CT molecular complexity index is 1020. The average molecular weight is 503 g/mol. The number of nitrogens with one attached hydrogen (secondary N) is 2. The van der Waals surface area contributed by atoms with Gasteiger partial charge in [-0.15, -0.1) is 0 Å². The highest BCUT2D eigenvalue weighted by Crippen LogP contribution is 2.40. The number of guanidine groups is 1. The summed E-state index contributed by atoms with van der Waals surface area (Å²) in [5.41, 5.74) is 3.11. The van der Waals surface area contributed by atoms with E-state index in [1.165, 1.54) is 12.1 Å². The van der Waals surface area contributed by atoms with Crippen LogP contribution in [0.3, 0.4) is 0 Å². The van der Waals surface area contributed by atoms with Crippen LogP contribution < -0.4 is 10.6 Å². The molecule has 6 heteroatoms. The van der Waals surface area contributed by atoms with E-state index in [-0.39, 0.29) is 17.9 Å². The molecular weight excluding hydrogens is 485 g/mol. The van der Waals surface area contributed by atoms with E-state index < -0.39 is 0 Å². The van der Waals surface area contributed by atoms with E-state index in [4.69, 9.17) is 4.99 Å². The summed E-state index contributed by atoms with van der Waals surface area (Å²) < 4.78 is 15.5. The number of rotatable bonds is 4. The number of aliphatic imine (C=N–C) groups is 1. The van der Waals surface area contributed by atoms with Crippen molar-refractivity contribution in [3.8, 4) is 0 Å². The zero-order valence-corrected chi connectivity index (χ0v) is 18.0. The van der Waals surface area contributed by atoms with Crippen LogP contribution in [0.1, 0.15) is 28.8 Å². The lowest BCUT2D eigenvalue weighted by Crippen LogP contribution is -2.35. The number of nitrogens with zero attached hydrogens (tertiary/aromatic N) is 1. The second kappa shape index (κ2) is 8.45. The molecule has 0 aliphatic carbocycles. The molecule has 28 heavy (non-hydrogen) atoms. The molecule has 0 aromatic heterocycles. The summed E-state index contributed by atoms with van der Waals surface area (Å²) in [6.45, 7) is 0.495. The molecule has 1 aliphatic heterocycles. The van der Waals surface area contributed by atoms with Crippen LogP contribution in [0.5, 0.6) is 0 Å². The summed E-state index contributed by atoms with van der Waals surface area (Å²) in [7, 11) is 0. The second-order valence-corrected chi connectivity index (χ2v) is 8.28. The van der Waals surface area contributed by atoms with Gasteiger partial charge in [0.15, 0.2) is 5.96 Å². The predicted molar refractivity (Wildman–Crippen MR) is 118 cm³/mol. The van der Waals surface area contributed by atoms with Crippen LogP contribution in [0.4, 0.5) is 4.39 Å². The molecule has 0 bridgehead atoms. The predicted octanol–water partition coefficient (Wildman–Crippen LogP) is 5.88. The molecule has 3 aromatic rings. The Hall–Kier alpha value is -2.18. The van der Waals surface area contributed by atoms with Crippen LogP contribution in [0.25, 0.3) is 0 Å². The van der Waals surface area contributed by atoms with Gasteiger partial charge in [0.1, 0.15) is 11.9 Å². The number of benzene rings is 3. The highest BCUT2D eigenvalue weighted by molar-refractivity contribution is 9.10. The third-order valence-electron chi connectivity index (χ3n) is 4.69. The monoisotopic (exact) mass is 501 g/mol. The van der Waals surface area contributed by atoms with Gasteiger partial charge in [-0.3, -0.25) is 0 Å². The fraction of sp³-hybridized carbons (Fsp3) is 0.136. The molecule has 1 aliphatic rings. The van der Waals surface area contributed by atoms with E-state index in [9.17, 15) is 4.39 Å².